The number of alkyl halides is 3. The first-order chi connectivity index (χ1) is 24.9. The van der Waals surface area contributed by atoms with Crippen LogP contribution in [-0.4, -0.2) is 39.9 Å². The van der Waals surface area contributed by atoms with E-state index in [-0.39, 0.29) is 31.6 Å². The first kappa shape index (κ1) is 35.8. The van der Waals surface area contributed by atoms with Crippen LogP contribution in [0.5, 0.6) is 5.75 Å². The Morgan fingerprint density at radius 3 is 2.12 bits per heavy atom. The second-order valence-corrected chi connectivity index (χ2v) is 12.4. The van der Waals surface area contributed by atoms with Gasteiger partial charge >= 0.3 is 12.1 Å². The van der Waals surface area contributed by atoms with Crippen molar-refractivity contribution in [1.29, 1.82) is 0 Å². The van der Waals surface area contributed by atoms with Gasteiger partial charge in [-0.15, -0.1) is 0 Å². The molecule has 52 heavy (non-hydrogen) atoms. The van der Waals surface area contributed by atoms with Gasteiger partial charge in [-0.1, -0.05) is 72.8 Å². The first-order valence-electron chi connectivity index (χ1n) is 16.2. The predicted molar refractivity (Wildman–Crippen MR) is 181 cm³/mol. The number of amides is 2. The van der Waals surface area contributed by atoms with E-state index in [1.165, 1.54) is 12.1 Å². The molecule has 1 aliphatic rings. The molecule has 5 aromatic carbocycles. The molecule has 5 aromatic rings. The van der Waals surface area contributed by atoms with E-state index in [9.17, 15) is 41.4 Å². The number of fused-ring (bicyclic) bond motifs is 1. The topological polar surface area (TPSA) is 95.9 Å². The van der Waals surface area contributed by atoms with Gasteiger partial charge in [0.2, 0.25) is 5.91 Å². The minimum absolute atomic E-state index is 0.0338. The number of aliphatic carboxylic acids is 1. The fraction of sp³-hybridized carbons (Fsp3) is 0.175. The molecule has 0 aromatic heterocycles. The summed E-state index contributed by atoms with van der Waals surface area (Å²) in [5.74, 6) is -4.91. The van der Waals surface area contributed by atoms with Crippen LogP contribution in [0.25, 0.3) is 11.1 Å². The second kappa shape index (κ2) is 15.1. The number of carbonyl (C=O) groups excluding carboxylic acids is 2. The molecule has 2 amide bonds. The number of hydrogen-bond donors (Lipinski definition) is 2. The Kier molecular flexibility index (Phi) is 10.4. The van der Waals surface area contributed by atoms with Gasteiger partial charge in [-0.05, 0) is 75.8 Å². The number of halogens is 5. The van der Waals surface area contributed by atoms with Gasteiger partial charge in [-0.25, -0.2) is 13.6 Å². The number of ether oxygens (including phenoxy) is 1. The van der Waals surface area contributed by atoms with E-state index in [0.717, 1.165) is 46.4 Å². The van der Waals surface area contributed by atoms with Crippen molar-refractivity contribution in [2.24, 2.45) is 0 Å². The van der Waals surface area contributed by atoms with Crippen molar-refractivity contribution in [1.82, 2.24) is 10.2 Å². The average molecular weight is 715 g/mol. The Bertz CT molecular complexity index is 2090. The van der Waals surface area contributed by atoms with Crippen molar-refractivity contribution < 1.29 is 46.2 Å². The van der Waals surface area contributed by atoms with E-state index in [2.05, 4.69) is 5.32 Å². The van der Waals surface area contributed by atoms with E-state index in [0.29, 0.717) is 28.0 Å². The van der Waals surface area contributed by atoms with Crippen molar-refractivity contribution >= 4 is 17.8 Å². The second-order valence-electron chi connectivity index (χ2n) is 12.4. The number of carbonyl (C=O) groups is 3. The summed E-state index contributed by atoms with van der Waals surface area (Å²) in [6, 6.07) is 26.3. The largest absolute Gasteiger partial charge is 0.489 e. The zero-order valence-electron chi connectivity index (χ0n) is 27.4. The Morgan fingerprint density at radius 1 is 0.788 bits per heavy atom. The van der Waals surface area contributed by atoms with Crippen LogP contribution < -0.4 is 10.1 Å². The summed E-state index contributed by atoms with van der Waals surface area (Å²) in [5, 5.41) is 12.6. The van der Waals surface area contributed by atoms with Crippen LogP contribution in [0.3, 0.4) is 0 Å². The summed E-state index contributed by atoms with van der Waals surface area (Å²) in [7, 11) is 0. The van der Waals surface area contributed by atoms with Crippen LogP contribution in [0.15, 0.2) is 115 Å². The smallest absolute Gasteiger partial charge is 0.416 e. The van der Waals surface area contributed by atoms with Crippen molar-refractivity contribution in [2.45, 2.75) is 44.3 Å². The van der Waals surface area contributed by atoms with Gasteiger partial charge in [0.1, 0.15) is 24.4 Å². The summed E-state index contributed by atoms with van der Waals surface area (Å²) >= 11 is 0. The Balaban J connectivity index is 1.21. The number of nitrogens with zero attached hydrogens (tertiary/aromatic N) is 1. The molecule has 0 aliphatic carbocycles. The Morgan fingerprint density at radius 2 is 1.46 bits per heavy atom. The normalized spacial score (nSPS) is 14.6. The number of benzene rings is 5. The maximum absolute atomic E-state index is 14.2. The zero-order valence-corrected chi connectivity index (χ0v) is 27.4. The average Bonchev–Trinajstić information content (AvgIpc) is 3.14. The van der Waals surface area contributed by atoms with Gasteiger partial charge in [0.25, 0.3) is 5.91 Å². The van der Waals surface area contributed by atoms with Crippen molar-refractivity contribution in [3.8, 4) is 16.9 Å². The van der Waals surface area contributed by atoms with E-state index in [1.54, 1.807) is 30.3 Å². The van der Waals surface area contributed by atoms with Gasteiger partial charge in [0, 0.05) is 24.9 Å². The van der Waals surface area contributed by atoms with E-state index >= 15 is 0 Å². The molecule has 0 saturated heterocycles. The maximum Gasteiger partial charge on any atom is 0.416 e. The first-order valence-corrected chi connectivity index (χ1v) is 16.2. The SMILES string of the molecule is O=C(O)[C@H](Cc1ccc(-c2ccccc2)cc1)NC(=O)[C@@H]1Cc2ccc(OCc3ccc(C(F)(F)F)cc3)cc2CN1C(=O)c1ccc(F)c(F)c1. The van der Waals surface area contributed by atoms with E-state index in [4.69, 9.17) is 4.74 Å². The molecule has 12 heteroatoms. The molecule has 0 saturated carbocycles. The third-order valence-electron chi connectivity index (χ3n) is 8.84. The van der Waals surface area contributed by atoms with Crippen LogP contribution in [0.2, 0.25) is 0 Å². The molecule has 2 atom stereocenters. The maximum atomic E-state index is 14.2. The molecule has 7 nitrogen and oxygen atoms in total. The highest BCUT2D eigenvalue weighted by atomic mass is 19.4. The van der Waals surface area contributed by atoms with Gasteiger partial charge in [-0.3, -0.25) is 9.59 Å². The van der Waals surface area contributed by atoms with Crippen LogP contribution in [0, 0.1) is 11.6 Å². The van der Waals surface area contributed by atoms with Crippen LogP contribution in [0.1, 0.15) is 38.2 Å². The minimum atomic E-state index is -4.47. The quantitative estimate of drug-likeness (QED) is 0.145. The van der Waals surface area contributed by atoms with Gasteiger partial charge in [0.15, 0.2) is 11.6 Å². The number of hydrogen-bond acceptors (Lipinski definition) is 4. The molecule has 0 unspecified atom stereocenters. The molecular weight excluding hydrogens is 683 g/mol. The Labute approximate surface area is 295 Å². The number of carboxylic acids is 1. The standard InChI is InChI=1S/C40H31F5N2O5/c41-33-17-13-29(20-34(33)42)38(49)47-22-30-19-32(52-23-25-8-14-31(15-9-25)40(43,44)45)16-12-28(30)21-36(47)37(48)46-35(39(50)51)18-24-6-10-27(11-7-24)26-4-2-1-3-5-26/h1-17,19-20,35-36H,18,21-23H2,(H,46,48)(H,50,51)/t35-,36-/m0/s1. The fourth-order valence-corrected chi connectivity index (χ4v) is 6.02. The molecule has 0 radical (unpaired) electrons. The summed E-state index contributed by atoms with van der Waals surface area (Å²) < 4.78 is 72.6. The third-order valence-corrected chi connectivity index (χ3v) is 8.84. The molecule has 1 heterocycles. The van der Waals surface area contributed by atoms with Gasteiger partial charge in [-0.2, -0.15) is 13.2 Å². The highest BCUT2D eigenvalue weighted by molar-refractivity contribution is 5.98. The summed E-state index contributed by atoms with van der Waals surface area (Å²) in [6.45, 7) is -0.216. The third kappa shape index (κ3) is 8.28. The van der Waals surface area contributed by atoms with Crippen molar-refractivity contribution in [3.63, 3.8) is 0 Å². The summed E-state index contributed by atoms with van der Waals surface area (Å²) in [4.78, 5) is 41.1. The molecule has 0 fully saturated rings. The molecule has 266 valence electrons. The van der Waals surface area contributed by atoms with Crippen molar-refractivity contribution in [2.75, 3.05) is 0 Å². The molecule has 0 bridgehead atoms. The summed E-state index contributed by atoms with van der Waals surface area (Å²) in [5.41, 5.74) is 3.26. The Hall–Kier alpha value is -6.04. The lowest BCUT2D eigenvalue weighted by Gasteiger charge is -2.36. The lowest BCUT2D eigenvalue weighted by Crippen LogP contribution is -2.55. The molecular formula is C40H31F5N2O5. The van der Waals surface area contributed by atoms with Crippen LogP contribution >= 0.6 is 0 Å². The monoisotopic (exact) mass is 714 g/mol. The van der Waals surface area contributed by atoms with E-state index < -0.39 is 53.2 Å². The molecule has 0 spiro atoms. The van der Waals surface area contributed by atoms with Crippen molar-refractivity contribution in [3.05, 3.63) is 160 Å². The van der Waals surface area contributed by atoms with Gasteiger partial charge in [0.05, 0.1) is 5.56 Å². The fourth-order valence-electron chi connectivity index (χ4n) is 6.02. The predicted octanol–water partition coefficient (Wildman–Crippen LogP) is 7.61. The lowest BCUT2D eigenvalue weighted by atomic mass is 9.92. The lowest BCUT2D eigenvalue weighted by molar-refractivity contribution is -0.142. The highest BCUT2D eigenvalue weighted by Gasteiger charge is 2.37. The van der Waals surface area contributed by atoms with Gasteiger partial charge < -0.3 is 20.1 Å². The van der Waals surface area contributed by atoms with Crippen LogP contribution in [0.4, 0.5) is 22.0 Å². The number of rotatable bonds is 10. The molecule has 1 aliphatic heterocycles. The zero-order chi connectivity index (χ0) is 37.0. The number of carboxylic acid groups (broad SMARTS) is 1. The summed E-state index contributed by atoms with van der Waals surface area (Å²) in [6.07, 6.45) is -4.55. The minimum Gasteiger partial charge on any atom is -0.489 e. The molecule has 2 N–H and O–H groups in total. The molecule has 6 rings (SSSR count). The van der Waals surface area contributed by atoms with Crippen LogP contribution in [-0.2, 0) is 41.8 Å². The van der Waals surface area contributed by atoms with E-state index in [1.807, 2.05) is 42.5 Å². The highest BCUT2D eigenvalue weighted by Crippen LogP contribution is 2.31. The number of nitrogens with one attached hydrogen (secondary N) is 1.